The van der Waals surface area contributed by atoms with Gasteiger partial charge in [-0.15, -0.1) is 11.8 Å². The number of ether oxygens (including phenoxy) is 1. The molecule has 8 nitrogen and oxygen atoms in total. The molecule has 0 N–H and O–H groups in total. The summed E-state index contributed by atoms with van der Waals surface area (Å²) >= 11 is 1.18. The Kier molecular flexibility index (Phi) is 4.91. The molecule has 2 aromatic rings. The Hall–Kier alpha value is -2.94. The van der Waals surface area contributed by atoms with Gasteiger partial charge in [-0.3, -0.25) is 20.2 Å². The van der Waals surface area contributed by atoms with Crippen molar-refractivity contribution in [3.8, 4) is 5.75 Å². The van der Waals surface area contributed by atoms with Crippen molar-refractivity contribution in [3.63, 3.8) is 0 Å². The van der Waals surface area contributed by atoms with Crippen LogP contribution in [0.25, 0.3) is 0 Å². The van der Waals surface area contributed by atoms with Gasteiger partial charge in [0.1, 0.15) is 5.75 Å². The Balaban J connectivity index is 2.27. The highest BCUT2D eigenvalue weighted by Gasteiger charge is 2.18. The van der Waals surface area contributed by atoms with Crippen LogP contribution in [-0.2, 0) is 0 Å². The van der Waals surface area contributed by atoms with Crippen LogP contribution in [0.4, 0.5) is 11.4 Å². The average molecular weight is 334 g/mol. The zero-order valence-corrected chi connectivity index (χ0v) is 12.6. The maximum absolute atomic E-state index is 12.0. The van der Waals surface area contributed by atoms with E-state index in [-0.39, 0.29) is 22.7 Å². The summed E-state index contributed by atoms with van der Waals surface area (Å²) in [5.74, 6) is -0.845. The molecule has 0 heterocycles. The number of thioether (sulfide) groups is 1. The maximum atomic E-state index is 12.0. The highest BCUT2D eigenvalue weighted by Crippen LogP contribution is 2.29. The summed E-state index contributed by atoms with van der Waals surface area (Å²) in [6.07, 6.45) is 1.68. The van der Waals surface area contributed by atoms with Gasteiger partial charge in [0.2, 0.25) is 0 Å². The van der Waals surface area contributed by atoms with Crippen LogP contribution in [0.1, 0.15) is 10.4 Å². The largest absolute Gasteiger partial charge is 0.423 e. The number of nitrogens with zero attached hydrogens (tertiary/aromatic N) is 2. The number of hydrogen-bond donors (Lipinski definition) is 0. The molecule has 0 saturated carbocycles. The number of non-ortho nitro benzene ring substituents is 1. The van der Waals surface area contributed by atoms with Gasteiger partial charge >= 0.3 is 5.97 Å². The van der Waals surface area contributed by atoms with E-state index in [1.165, 1.54) is 42.1 Å². The van der Waals surface area contributed by atoms with Crippen LogP contribution in [0.5, 0.6) is 5.75 Å². The lowest BCUT2D eigenvalue weighted by atomic mass is 10.2. The average Bonchev–Trinajstić information content (AvgIpc) is 2.54. The van der Waals surface area contributed by atoms with Gasteiger partial charge in [0.25, 0.3) is 11.4 Å². The van der Waals surface area contributed by atoms with Crippen LogP contribution in [0.2, 0.25) is 0 Å². The van der Waals surface area contributed by atoms with E-state index in [1.807, 2.05) is 0 Å². The number of rotatable bonds is 5. The summed E-state index contributed by atoms with van der Waals surface area (Å²) < 4.78 is 5.03. The number of nitro benzene ring substituents is 2. The van der Waals surface area contributed by atoms with Crippen LogP contribution in [0.15, 0.2) is 47.4 Å². The lowest BCUT2D eigenvalue weighted by molar-refractivity contribution is -0.387. The Morgan fingerprint density at radius 1 is 1.09 bits per heavy atom. The molecule has 0 spiro atoms. The van der Waals surface area contributed by atoms with Gasteiger partial charge in [0, 0.05) is 12.1 Å². The van der Waals surface area contributed by atoms with E-state index in [9.17, 15) is 25.0 Å². The molecular weight excluding hydrogens is 324 g/mol. The number of nitro groups is 2. The van der Waals surface area contributed by atoms with Crippen LogP contribution in [0, 0.1) is 20.2 Å². The van der Waals surface area contributed by atoms with Gasteiger partial charge in [-0.2, -0.15) is 0 Å². The van der Waals surface area contributed by atoms with Gasteiger partial charge in [-0.25, -0.2) is 4.79 Å². The lowest BCUT2D eigenvalue weighted by Gasteiger charge is -2.05. The van der Waals surface area contributed by atoms with Gasteiger partial charge in [-0.05, 0) is 24.5 Å². The molecule has 0 bridgehead atoms. The molecule has 0 atom stereocenters. The van der Waals surface area contributed by atoms with Crippen molar-refractivity contribution < 1.29 is 19.4 Å². The summed E-state index contributed by atoms with van der Waals surface area (Å²) in [6.45, 7) is 0. The molecule has 0 aromatic heterocycles. The van der Waals surface area contributed by atoms with Gasteiger partial charge in [0.15, 0.2) is 0 Å². The summed E-state index contributed by atoms with van der Waals surface area (Å²) in [5.41, 5.74) is -0.439. The molecule has 2 aromatic carbocycles. The first-order valence-corrected chi connectivity index (χ1v) is 7.44. The molecular formula is C14H10N2O6S. The summed E-state index contributed by atoms with van der Waals surface area (Å²) in [7, 11) is 0. The van der Waals surface area contributed by atoms with Crippen molar-refractivity contribution in [1.29, 1.82) is 0 Å². The van der Waals surface area contributed by atoms with Crippen molar-refractivity contribution in [3.05, 3.63) is 68.3 Å². The zero-order valence-electron chi connectivity index (χ0n) is 11.8. The van der Waals surface area contributed by atoms with Crippen LogP contribution in [0.3, 0.4) is 0 Å². The minimum atomic E-state index is -0.832. The third-order valence-electron chi connectivity index (χ3n) is 2.85. The smallest absolute Gasteiger partial charge is 0.343 e. The molecule has 23 heavy (non-hydrogen) atoms. The molecule has 0 aliphatic heterocycles. The predicted molar refractivity (Wildman–Crippen MR) is 82.9 cm³/mol. The van der Waals surface area contributed by atoms with E-state index in [1.54, 1.807) is 6.26 Å². The minimum absolute atomic E-state index is 0.0130. The fourth-order valence-electron chi connectivity index (χ4n) is 1.79. The number of esters is 1. The topological polar surface area (TPSA) is 113 Å². The van der Waals surface area contributed by atoms with E-state index in [0.29, 0.717) is 4.90 Å². The fraction of sp³-hybridized carbons (Fsp3) is 0.0714. The summed E-state index contributed by atoms with van der Waals surface area (Å²) in [6, 6.07) is 9.09. The normalized spacial score (nSPS) is 10.1. The molecule has 9 heteroatoms. The Labute approximate surface area is 134 Å². The summed E-state index contributed by atoms with van der Waals surface area (Å²) in [5, 5.41) is 21.7. The number of hydrogen-bond acceptors (Lipinski definition) is 7. The second kappa shape index (κ2) is 6.88. The van der Waals surface area contributed by atoms with E-state index in [2.05, 4.69) is 0 Å². The predicted octanol–water partition coefficient (Wildman–Crippen LogP) is 3.44. The molecule has 0 amide bonds. The van der Waals surface area contributed by atoms with E-state index < -0.39 is 15.8 Å². The monoisotopic (exact) mass is 334 g/mol. The van der Waals surface area contributed by atoms with Gasteiger partial charge in [0.05, 0.1) is 26.4 Å². The van der Waals surface area contributed by atoms with Crippen molar-refractivity contribution in [1.82, 2.24) is 0 Å². The van der Waals surface area contributed by atoms with E-state index in [0.717, 1.165) is 12.1 Å². The van der Waals surface area contributed by atoms with Crippen molar-refractivity contribution in [2.75, 3.05) is 6.26 Å². The molecule has 0 aliphatic carbocycles. The quantitative estimate of drug-likeness (QED) is 0.270. The number of benzene rings is 2. The van der Waals surface area contributed by atoms with Crippen molar-refractivity contribution >= 4 is 29.1 Å². The SMILES string of the molecule is CSc1ccc(C(=O)Oc2cccc([N+](=O)[O-])c2)cc1[N+](=O)[O-]. The van der Waals surface area contributed by atoms with Crippen LogP contribution in [-0.4, -0.2) is 22.1 Å². The third-order valence-corrected chi connectivity index (χ3v) is 3.64. The molecule has 118 valence electrons. The minimum Gasteiger partial charge on any atom is -0.423 e. The highest BCUT2D eigenvalue weighted by atomic mass is 32.2. The second-order valence-electron chi connectivity index (χ2n) is 4.29. The number of carbonyl (C=O) groups excluding carboxylic acids is 1. The van der Waals surface area contributed by atoms with Gasteiger partial charge in [-0.1, -0.05) is 6.07 Å². The fourth-order valence-corrected chi connectivity index (χ4v) is 2.33. The van der Waals surface area contributed by atoms with E-state index in [4.69, 9.17) is 4.74 Å². The van der Waals surface area contributed by atoms with Crippen LogP contribution >= 0.6 is 11.8 Å². The Morgan fingerprint density at radius 3 is 2.43 bits per heavy atom. The molecule has 0 unspecified atom stereocenters. The molecule has 0 fully saturated rings. The Morgan fingerprint density at radius 2 is 1.83 bits per heavy atom. The standard InChI is InChI=1S/C14H10N2O6S/c1-23-13-6-5-9(7-12(13)16(20)21)14(17)22-11-4-2-3-10(8-11)15(18)19/h2-8H,1H3. The first-order valence-electron chi connectivity index (χ1n) is 6.21. The first kappa shape index (κ1) is 16.4. The Bertz CT molecular complexity index is 793. The summed E-state index contributed by atoms with van der Waals surface area (Å²) in [4.78, 5) is 32.9. The molecule has 0 saturated heterocycles. The van der Waals surface area contributed by atoms with Crippen LogP contribution < -0.4 is 4.74 Å². The zero-order chi connectivity index (χ0) is 17.0. The van der Waals surface area contributed by atoms with Gasteiger partial charge < -0.3 is 4.74 Å². The highest BCUT2D eigenvalue weighted by molar-refractivity contribution is 7.98. The van der Waals surface area contributed by atoms with Crippen molar-refractivity contribution in [2.24, 2.45) is 0 Å². The lowest BCUT2D eigenvalue weighted by Crippen LogP contribution is -2.09. The van der Waals surface area contributed by atoms with Crippen molar-refractivity contribution in [2.45, 2.75) is 4.90 Å². The third kappa shape index (κ3) is 3.83. The molecule has 2 rings (SSSR count). The molecule has 0 aliphatic rings. The number of carbonyl (C=O) groups is 1. The first-order chi connectivity index (χ1) is 10.9. The van der Waals surface area contributed by atoms with E-state index >= 15 is 0 Å². The second-order valence-corrected chi connectivity index (χ2v) is 5.14. The molecule has 0 radical (unpaired) electrons. The maximum Gasteiger partial charge on any atom is 0.343 e.